The number of pyridine rings is 1. The number of rotatable bonds is 8. The molecule has 2 aliphatic heterocycles. The molecule has 1 aromatic heterocycles. The Morgan fingerprint density at radius 1 is 0.952 bits per heavy atom. The Morgan fingerprint density at radius 3 is 2.33 bits per heavy atom. The van der Waals surface area contributed by atoms with Crippen molar-refractivity contribution in [1.29, 1.82) is 0 Å². The zero-order valence-corrected chi connectivity index (χ0v) is 24.4. The number of aromatic nitrogens is 1. The van der Waals surface area contributed by atoms with Crippen LogP contribution in [0.15, 0.2) is 78.9 Å². The van der Waals surface area contributed by atoms with Crippen LogP contribution in [-0.4, -0.2) is 48.1 Å². The van der Waals surface area contributed by atoms with Crippen LogP contribution in [0.5, 0.6) is 0 Å². The Kier molecular flexibility index (Phi) is 8.92. The number of halogens is 1. The van der Waals surface area contributed by atoms with Crippen LogP contribution in [0.3, 0.4) is 0 Å². The van der Waals surface area contributed by atoms with Crippen LogP contribution in [0.1, 0.15) is 66.6 Å². The van der Waals surface area contributed by atoms with E-state index in [4.69, 9.17) is 9.72 Å². The van der Waals surface area contributed by atoms with Gasteiger partial charge in [0.05, 0.1) is 17.3 Å². The summed E-state index contributed by atoms with van der Waals surface area (Å²) in [4.78, 5) is 21.9. The number of para-hydroxylation sites is 1. The molecule has 3 aromatic carbocycles. The fourth-order valence-electron chi connectivity index (χ4n) is 6.78. The molecule has 0 spiro atoms. The summed E-state index contributed by atoms with van der Waals surface area (Å²) in [5.41, 5.74) is 4.39. The van der Waals surface area contributed by atoms with Crippen LogP contribution >= 0.6 is 0 Å². The summed E-state index contributed by atoms with van der Waals surface area (Å²) in [6, 6.07) is 25.4. The number of ether oxygens (including phenoxy) is 1. The Labute approximate surface area is 248 Å². The van der Waals surface area contributed by atoms with Crippen molar-refractivity contribution in [2.24, 2.45) is 5.92 Å². The van der Waals surface area contributed by atoms with Crippen molar-refractivity contribution in [2.45, 2.75) is 57.5 Å². The molecular weight excluding hydrogens is 525 g/mol. The minimum Gasteiger partial charge on any atom is -0.381 e. The zero-order chi connectivity index (χ0) is 28.9. The minimum absolute atomic E-state index is 0.147. The number of benzene rings is 3. The molecular formula is C36H40FN3O2. The predicted octanol–water partition coefficient (Wildman–Crippen LogP) is 7.36. The van der Waals surface area contributed by atoms with Gasteiger partial charge in [-0.25, -0.2) is 9.37 Å². The van der Waals surface area contributed by atoms with E-state index in [-0.39, 0.29) is 17.5 Å². The molecule has 2 saturated heterocycles. The van der Waals surface area contributed by atoms with Gasteiger partial charge in [-0.05, 0) is 74.7 Å². The molecule has 2 aliphatic rings. The first-order chi connectivity index (χ1) is 20.6. The number of amides is 1. The largest absolute Gasteiger partial charge is 0.381 e. The topological polar surface area (TPSA) is 54.5 Å². The maximum Gasteiger partial charge on any atom is 0.252 e. The highest BCUT2D eigenvalue weighted by atomic mass is 19.1. The van der Waals surface area contributed by atoms with Crippen molar-refractivity contribution in [1.82, 2.24) is 15.2 Å². The van der Waals surface area contributed by atoms with E-state index in [1.165, 1.54) is 6.07 Å². The van der Waals surface area contributed by atoms with Gasteiger partial charge >= 0.3 is 0 Å². The third-order valence-electron chi connectivity index (χ3n) is 9.11. The molecule has 1 amide bonds. The number of nitrogens with one attached hydrogen (secondary N) is 1. The van der Waals surface area contributed by atoms with Crippen LogP contribution in [0.25, 0.3) is 22.2 Å². The highest BCUT2D eigenvalue weighted by Gasteiger charge is 2.30. The number of carbonyl (C=O) groups excluding carboxylic acids is 1. The van der Waals surface area contributed by atoms with Crippen LogP contribution < -0.4 is 5.32 Å². The molecule has 3 heterocycles. The molecule has 218 valence electrons. The number of fused-ring (bicyclic) bond motifs is 1. The average Bonchev–Trinajstić information content (AvgIpc) is 3.05. The van der Waals surface area contributed by atoms with Gasteiger partial charge in [0.1, 0.15) is 11.3 Å². The maximum absolute atomic E-state index is 15.3. The van der Waals surface area contributed by atoms with Gasteiger partial charge in [-0.2, -0.15) is 0 Å². The smallest absolute Gasteiger partial charge is 0.252 e. The van der Waals surface area contributed by atoms with Crippen molar-refractivity contribution < 1.29 is 13.9 Å². The van der Waals surface area contributed by atoms with E-state index in [1.54, 1.807) is 6.07 Å². The number of nitrogens with zero attached hydrogens (tertiary/aromatic N) is 2. The predicted molar refractivity (Wildman–Crippen MR) is 166 cm³/mol. The number of piperidine rings is 1. The second-order valence-electron chi connectivity index (χ2n) is 11.7. The first-order valence-electron chi connectivity index (χ1n) is 15.5. The van der Waals surface area contributed by atoms with Gasteiger partial charge in [0.2, 0.25) is 0 Å². The molecule has 0 radical (unpaired) electrons. The van der Waals surface area contributed by atoms with Crippen LogP contribution in [0, 0.1) is 11.7 Å². The second kappa shape index (κ2) is 13.1. The van der Waals surface area contributed by atoms with Crippen molar-refractivity contribution in [3.8, 4) is 11.3 Å². The van der Waals surface area contributed by atoms with E-state index in [0.29, 0.717) is 28.6 Å². The fourth-order valence-corrected chi connectivity index (χ4v) is 6.78. The van der Waals surface area contributed by atoms with Gasteiger partial charge in [0.15, 0.2) is 0 Å². The molecule has 0 bridgehead atoms. The van der Waals surface area contributed by atoms with Crippen molar-refractivity contribution in [3.05, 3.63) is 101 Å². The average molecular weight is 566 g/mol. The van der Waals surface area contributed by atoms with Crippen molar-refractivity contribution in [2.75, 3.05) is 26.3 Å². The lowest BCUT2D eigenvalue weighted by molar-refractivity contribution is 0.0211. The minimum atomic E-state index is -0.412. The Bertz CT molecular complexity index is 1500. The Balaban J connectivity index is 1.39. The number of likely N-dealkylation sites (tertiary alicyclic amines) is 1. The molecule has 0 unspecified atom stereocenters. The lowest BCUT2D eigenvalue weighted by atomic mass is 9.84. The summed E-state index contributed by atoms with van der Waals surface area (Å²) < 4.78 is 20.9. The van der Waals surface area contributed by atoms with Gasteiger partial charge < -0.3 is 15.0 Å². The third-order valence-corrected chi connectivity index (χ3v) is 9.11. The Morgan fingerprint density at radius 2 is 1.64 bits per heavy atom. The third kappa shape index (κ3) is 6.11. The molecule has 6 rings (SSSR count). The Hall–Kier alpha value is -3.61. The fraction of sp³-hybridized carbons (Fsp3) is 0.389. The standard InChI is InChI=1S/C36H40FN3O2/c1-2-32(26-10-5-3-6-11-26)38-36(41)33-29-14-9-15-31(37)35(29)39-34(27-12-7-4-8-13-27)30(33)24-25-16-20-40(21-17-25)28-18-22-42-23-19-28/h3-15,25,28,32H,2,16-24H2,1H3,(H,38,41)/t32-/m0/s1. The lowest BCUT2D eigenvalue weighted by Gasteiger charge is -2.39. The van der Waals surface area contributed by atoms with Gasteiger partial charge in [0.25, 0.3) is 5.91 Å². The van der Waals surface area contributed by atoms with Crippen LogP contribution in [-0.2, 0) is 11.2 Å². The van der Waals surface area contributed by atoms with E-state index in [0.717, 1.165) is 81.5 Å². The monoisotopic (exact) mass is 565 g/mol. The molecule has 5 nitrogen and oxygen atoms in total. The molecule has 1 atom stereocenters. The normalized spacial score (nSPS) is 17.8. The number of hydrogen-bond acceptors (Lipinski definition) is 4. The van der Waals surface area contributed by atoms with Gasteiger partial charge in [-0.15, -0.1) is 0 Å². The van der Waals surface area contributed by atoms with Gasteiger partial charge in [0, 0.05) is 30.2 Å². The first kappa shape index (κ1) is 28.5. The second-order valence-corrected chi connectivity index (χ2v) is 11.7. The van der Waals surface area contributed by atoms with E-state index < -0.39 is 5.82 Å². The summed E-state index contributed by atoms with van der Waals surface area (Å²) in [6.07, 6.45) is 5.82. The quantitative estimate of drug-likeness (QED) is 0.243. The van der Waals surface area contributed by atoms with Crippen LogP contribution in [0.2, 0.25) is 0 Å². The van der Waals surface area contributed by atoms with Crippen molar-refractivity contribution >= 4 is 16.8 Å². The number of hydrogen-bond donors (Lipinski definition) is 1. The molecule has 42 heavy (non-hydrogen) atoms. The van der Waals surface area contributed by atoms with E-state index in [9.17, 15) is 4.79 Å². The summed E-state index contributed by atoms with van der Waals surface area (Å²) >= 11 is 0. The highest BCUT2D eigenvalue weighted by Crippen LogP contribution is 2.36. The zero-order valence-electron chi connectivity index (χ0n) is 24.4. The molecule has 6 heteroatoms. The number of carbonyl (C=O) groups is 1. The molecule has 1 N–H and O–H groups in total. The van der Waals surface area contributed by atoms with Gasteiger partial charge in [-0.1, -0.05) is 79.7 Å². The summed E-state index contributed by atoms with van der Waals surface area (Å²) in [5, 5.41) is 3.88. The van der Waals surface area contributed by atoms with E-state index in [1.807, 2.05) is 66.7 Å². The SMILES string of the molecule is CC[C@H](NC(=O)c1c(CC2CCN(C3CCOCC3)CC2)c(-c2ccccc2)nc2c(F)cccc12)c1ccccc1. The van der Waals surface area contributed by atoms with E-state index in [2.05, 4.69) is 17.1 Å². The first-order valence-corrected chi connectivity index (χ1v) is 15.5. The van der Waals surface area contributed by atoms with Gasteiger partial charge in [-0.3, -0.25) is 4.79 Å². The van der Waals surface area contributed by atoms with Crippen LogP contribution in [0.4, 0.5) is 4.39 Å². The lowest BCUT2D eigenvalue weighted by Crippen LogP contribution is -2.44. The van der Waals surface area contributed by atoms with E-state index >= 15 is 4.39 Å². The maximum atomic E-state index is 15.3. The van der Waals surface area contributed by atoms with Crippen molar-refractivity contribution in [3.63, 3.8) is 0 Å². The highest BCUT2D eigenvalue weighted by molar-refractivity contribution is 6.09. The summed E-state index contributed by atoms with van der Waals surface area (Å²) in [5.74, 6) is -0.167. The molecule has 0 saturated carbocycles. The molecule has 0 aliphatic carbocycles. The molecule has 4 aromatic rings. The molecule has 2 fully saturated rings. The summed E-state index contributed by atoms with van der Waals surface area (Å²) in [6.45, 7) is 5.89. The summed E-state index contributed by atoms with van der Waals surface area (Å²) in [7, 11) is 0.